The second kappa shape index (κ2) is 5.95. The average molecular weight is 366 g/mol. The highest BCUT2D eigenvalue weighted by Crippen LogP contribution is 2.50. The molecule has 26 heavy (non-hydrogen) atoms. The summed E-state index contributed by atoms with van der Waals surface area (Å²) in [7, 11) is 0. The van der Waals surface area contributed by atoms with Crippen molar-refractivity contribution in [3.8, 4) is 0 Å². The minimum atomic E-state index is -0.321. The number of hydrogen-bond acceptors (Lipinski definition) is 3. The van der Waals surface area contributed by atoms with E-state index in [1.807, 2.05) is 22.4 Å². The molecule has 134 valence electrons. The third-order valence-electron chi connectivity index (χ3n) is 5.89. The molecule has 1 aromatic heterocycles. The maximum absolute atomic E-state index is 12.9. The Balaban J connectivity index is 1.33. The van der Waals surface area contributed by atoms with Crippen LogP contribution < -0.4 is 5.32 Å². The largest absolute Gasteiger partial charge is 0.338 e. The summed E-state index contributed by atoms with van der Waals surface area (Å²) in [5.41, 5.74) is 2.99. The Labute approximate surface area is 157 Å². The standard InChI is InChI=1S/C21H22N2O2S/c24-19(15-3-4-15)23-10-7-14-5-6-17(12-16(14)13-23)22-20(25)21(8-9-21)18-2-1-11-26-18/h1-2,5-6,11-12,15H,3-4,7-10,13H2,(H,22,25). The fourth-order valence-corrected chi connectivity index (χ4v) is 4.91. The third kappa shape index (κ3) is 2.75. The minimum Gasteiger partial charge on any atom is -0.338 e. The Morgan fingerprint density at radius 1 is 1.15 bits per heavy atom. The van der Waals surface area contributed by atoms with Gasteiger partial charge in [-0.1, -0.05) is 12.1 Å². The number of carbonyl (C=O) groups is 2. The van der Waals surface area contributed by atoms with Crippen LogP contribution in [0.3, 0.4) is 0 Å². The SMILES string of the molecule is O=C(C1CC1)N1CCc2ccc(NC(=O)C3(c4cccs4)CC3)cc2C1. The molecule has 1 N–H and O–H groups in total. The van der Waals surface area contributed by atoms with Gasteiger partial charge in [-0.25, -0.2) is 0 Å². The summed E-state index contributed by atoms with van der Waals surface area (Å²) in [5.74, 6) is 0.668. The molecule has 2 amide bonds. The zero-order chi connectivity index (χ0) is 17.7. The molecule has 0 unspecified atom stereocenters. The van der Waals surface area contributed by atoms with E-state index in [1.165, 1.54) is 11.1 Å². The van der Waals surface area contributed by atoms with Crippen LogP contribution in [0.5, 0.6) is 0 Å². The Morgan fingerprint density at radius 2 is 2.00 bits per heavy atom. The maximum atomic E-state index is 12.9. The van der Waals surface area contributed by atoms with Crippen molar-refractivity contribution in [2.75, 3.05) is 11.9 Å². The molecule has 3 aliphatic rings. The van der Waals surface area contributed by atoms with Gasteiger partial charge in [0, 0.05) is 29.6 Å². The summed E-state index contributed by atoms with van der Waals surface area (Å²) in [5, 5.41) is 5.16. The van der Waals surface area contributed by atoms with E-state index in [4.69, 9.17) is 0 Å². The summed E-state index contributed by atoms with van der Waals surface area (Å²) in [4.78, 5) is 28.4. The van der Waals surface area contributed by atoms with Gasteiger partial charge in [0.05, 0.1) is 5.41 Å². The van der Waals surface area contributed by atoms with Gasteiger partial charge in [0.1, 0.15) is 0 Å². The first kappa shape index (κ1) is 16.1. The first-order valence-electron chi connectivity index (χ1n) is 9.42. The molecular weight excluding hydrogens is 344 g/mol. The van der Waals surface area contributed by atoms with Crippen LogP contribution in [-0.2, 0) is 28.0 Å². The monoisotopic (exact) mass is 366 g/mol. The highest BCUT2D eigenvalue weighted by molar-refractivity contribution is 7.10. The average Bonchev–Trinajstić information content (AvgIpc) is 3.59. The molecule has 0 spiro atoms. The number of rotatable bonds is 4. The number of anilines is 1. The van der Waals surface area contributed by atoms with Crippen LogP contribution in [0.15, 0.2) is 35.7 Å². The number of nitrogens with one attached hydrogen (secondary N) is 1. The topological polar surface area (TPSA) is 49.4 Å². The summed E-state index contributed by atoms with van der Waals surface area (Å²) < 4.78 is 0. The van der Waals surface area contributed by atoms with Crippen molar-refractivity contribution in [1.82, 2.24) is 4.90 Å². The van der Waals surface area contributed by atoms with Crippen LogP contribution in [0.25, 0.3) is 0 Å². The fraction of sp³-hybridized carbons (Fsp3) is 0.429. The van der Waals surface area contributed by atoms with Gasteiger partial charge >= 0.3 is 0 Å². The number of hydrogen-bond donors (Lipinski definition) is 1. The van der Waals surface area contributed by atoms with Crippen molar-refractivity contribution in [2.45, 2.75) is 44.1 Å². The molecule has 5 rings (SSSR count). The zero-order valence-electron chi connectivity index (χ0n) is 14.7. The van der Waals surface area contributed by atoms with Gasteiger partial charge < -0.3 is 10.2 Å². The van der Waals surface area contributed by atoms with Crippen molar-refractivity contribution >= 4 is 28.8 Å². The number of fused-ring (bicyclic) bond motifs is 1. The number of carbonyl (C=O) groups excluding carboxylic acids is 2. The minimum absolute atomic E-state index is 0.0987. The van der Waals surface area contributed by atoms with Gasteiger partial charge in [-0.2, -0.15) is 0 Å². The van der Waals surface area contributed by atoms with Crippen LogP contribution in [0.1, 0.15) is 41.7 Å². The molecule has 1 aromatic carbocycles. The second-order valence-electron chi connectivity index (χ2n) is 7.78. The molecule has 2 heterocycles. The summed E-state index contributed by atoms with van der Waals surface area (Å²) in [6, 6.07) is 10.2. The van der Waals surface area contributed by atoms with E-state index in [1.54, 1.807) is 11.3 Å². The molecule has 0 atom stereocenters. The maximum Gasteiger partial charge on any atom is 0.235 e. The van der Waals surface area contributed by atoms with E-state index in [9.17, 15) is 9.59 Å². The van der Waals surface area contributed by atoms with Gasteiger partial charge in [0.2, 0.25) is 11.8 Å². The highest BCUT2D eigenvalue weighted by atomic mass is 32.1. The molecule has 0 saturated heterocycles. The van der Waals surface area contributed by atoms with Crippen molar-refractivity contribution in [3.63, 3.8) is 0 Å². The molecule has 4 nitrogen and oxygen atoms in total. The molecule has 0 bridgehead atoms. The lowest BCUT2D eigenvalue weighted by atomic mass is 9.98. The lowest BCUT2D eigenvalue weighted by molar-refractivity contribution is -0.133. The van der Waals surface area contributed by atoms with Crippen molar-refractivity contribution in [2.24, 2.45) is 5.92 Å². The van der Waals surface area contributed by atoms with E-state index in [0.717, 1.165) is 49.2 Å². The van der Waals surface area contributed by atoms with Crippen LogP contribution in [0, 0.1) is 5.92 Å². The molecule has 5 heteroatoms. The van der Waals surface area contributed by atoms with Crippen LogP contribution in [0.4, 0.5) is 5.69 Å². The Hall–Kier alpha value is -2.14. The lowest BCUT2D eigenvalue weighted by Gasteiger charge is -2.29. The Bertz CT molecular complexity index is 866. The normalized spacial score (nSPS) is 20.4. The van der Waals surface area contributed by atoms with E-state index in [2.05, 4.69) is 23.5 Å². The predicted octanol–water partition coefficient (Wildman–Crippen LogP) is 3.71. The fourth-order valence-electron chi connectivity index (χ4n) is 3.92. The molecule has 1 aliphatic heterocycles. The number of amides is 2. The predicted molar refractivity (Wildman–Crippen MR) is 102 cm³/mol. The number of benzene rings is 1. The number of thiophene rings is 1. The second-order valence-corrected chi connectivity index (χ2v) is 8.73. The molecule has 2 saturated carbocycles. The highest BCUT2D eigenvalue weighted by Gasteiger charge is 2.52. The zero-order valence-corrected chi connectivity index (χ0v) is 15.5. The molecular formula is C21H22N2O2S. The molecule has 2 aromatic rings. The van der Waals surface area contributed by atoms with Crippen molar-refractivity contribution in [3.05, 3.63) is 51.7 Å². The van der Waals surface area contributed by atoms with Crippen LogP contribution in [0.2, 0.25) is 0 Å². The first-order chi connectivity index (χ1) is 12.7. The van der Waals surface area contributed by atoms with Gasteiger partial charge in [0.15, 0.2) is 0 Å². The van der Waals surface area contributed by atoms with E-state index >= 15 is 0 Å². The van der Waals surface area contributed by atoms with E-state index < -0.39 is 0 Å². The van der Waals surface area contributed by atoms with Gasteiger partial charge in [-0.3, -0.25) is 9.59 Å². The van der Waals surface area contributed by atoms with Gasteiger partial charge in [0.25, 0.3) is 0 Å². The Kier molecular flexibility index (Phi) is 3.67. The summed E-state index contributed by atoms with van der Waals surface area (Å²) >= 11 is 1.66. The van der Waals surface area contributed by atoms with Crippen molar-refractivity contribution < 1.29 is 9.59 Å². The number of nitrogens with zero attached hydrogens (tertiary/aromatic N) is 1. The molecule has 0 radical (unpaired) electrons. The first-order valence-corrected chi connectivity index (χ1v) is 10.3. The van der Waals surface area contributed by atoms with E-state index in [-0.39, 0.29) is 17.2 Å². The van der Waals surface area contributed by atoms with Crippen molar-refractivity contribution in [1.29, 1.82) is 0 Å². The third-order valence-corrected chi connectivity index (χ3v) is 6.97. The lowest BCUT2D eigenvalue weighted by Crippen LogP contribution is -2.37. The molecule has 2 aliphatic carbocycles. The summed E-state index contributed by atoms with van der Waals surface area (Å²) in [6.45, 7) is 1.49. The summed E-state index contributed by atoms with van der Waals surface area (Å²) in [6.07, 6.45) is 4.84. The van der Waals surface area contributed by atoms with E-state index in [0.29, 0.717) is 12.5 Å². The van der Waals surface area contributed by atoms with Crippen LogP contribution >= 0.6 is 11.3 Å². The van der Waals surface area contributed by atoms with Crippen LogP contribution in [-0.4, -0.2) is 23.3 Å². The Morgan fingerprint density at radius 3 is 2.69 bits per heavy atom. The molecule has 2 fully saturated rings. The van der Waals surface area contributed by atoms with Gasteiger partial charge in [-0.15, -0.1) is 11.3 Å². The van der Waals surface area contributed by atoms with Gasteiger partial charge in [-0.05, 0) is 66.8 Å². The smallest absolute Gasteiger partial charge is 0.235 e. The quantitative estimate of drug-likeness (QED) is 0.897.